The predicted octanol–water partition coefficient (Wildman–Crippen LogP) is 5.07. The van der Waals surface area contributed by atoms with Gasteiger partial charge in [-0.15, -0.1) is 0 Å². The number of rotatable bonds is 6. The van der Waals surface area contributed by atoms with E-state index in [-0.39, 0.29) is 5.91 Å². The highest BCUT2D eigenvalue weighted by Crippen LogP contribution is 2.24. The Morgan fingerprint density at radius 2 is 1.50 bits per heavy atom. The largest absolute Gasteiger partial charge is 0.481 e. The SMILES string of the molecule is Cc1ccccc1NC(=O)C(C)Oc1ccc(Oc2ccc(C#N)cc2)cc1. The van der Waals surface area contributed by atoms with Gasteiger partial charge in [-0.1, -0.05) is 18.2 Å². The van der Waals surface area contributed by atoms with E-state index >= 15 is 0 Å². The summed E-state index contributed by atoms with van der Waals surface area (Å²) in [7, 11) is 0. The first-order valence-corrected chi connectivity index (χ1v) is 8.86. The normalized spacial score (nSPS) is 11.2. The van der Waals surface area contributed by atoms with Crippen molar-refractivity contribution < 1.29 is 14.3 Å². The number of nitrogens with zero attached hydrogens (tertiary/aromatic N) is 1. The maximum Gasteiger partial charge on any atom is 0.265 e. The summed E-state index contributed by atoms with van der Waals surface area (Å²) in [6.07, 6.45) is -0.648. The fourth-order valence-corrected chi connectivity index (χ4v) is 2.53. The van der Waals surface area contributed by atoms with Crippen molar-refractivity contribution in [1.82, 2.24) is 0 Å². The van der Waals surface area contributed by atoms with Gasteiger partial charge in [0.15, 0.2) is 6.10 Å². The summed E-state index contributed by atoms with van der Waals surface area (Å²) in [5.74, 6) is 1.62. The van der Waals surface area contributed by atoms with Crippen molar-refractivity contribution in [3.8, 4) is 23.3 Å². The van der Waals surface area contributed by atoms with Crippen LogP contribution in [0.25, 0.3) is 0 Å². The van der Waals surface area contributed by atoms with Crippen LogP contribution in [-0.4, -0.2) is 12.0 Å². The third kappa shape index (κ3) is 4.89. The van der Waals surface area contributed by atoms with E-state index in [1.54, 1.807) is 55.5 Å². The van der Waals surface area contributed by atoms with Crippen LogP contribution in [0.1, 0.15) is 18.1 Å². The van der Waals surface area contributed by atoms with Crippen LogP contribution in [0.5, 0.6) is 17.2 Å². The van der Waals surface area contributed by atoms with Crippen LogP contribution < -0.4 is 14.8 Å². The summed E-state index contributed by atoms with van der Waals surface area (Å²) in [6, 6.07) is 23.5. The van der Waals surface area contributed by atoms with Crippen molar-refractivity contribution in [1.29, 1.82) is 5.26 Å². The van der Waals surface area contributed by atoms with Crippen LogP contribution in [-0.2, 0) is 4.79 Å². The van der Waals surface area contributed by atoms with Crippen molar-refractivity contribution in [2.24, 2.45) is 0 Å². The molecular formula is C23H20N2O3. The number of hydrogen-bond donors (Lipinski definition) is 1. The molecule has 1 amide bonds. The summed E-state index contributed by atoms with van der Waals surface area (Å²) < 4.78 is 11.5. The number of amides is 1. The lowest BCUT2D eigenvalue weighted by Crippen LogP contribution is -2.30. The van der Waals surface area contributed by atoms with Crippen molar-refractivity contribution in [3.05, 3.63) is 83.9 Å². The van der Waals surface area contributed by atoms with E-state index in [4.69, 9.17) is 14.7 Å². The van der Waals surface area contributed by atoms with Gasteiger partial charge in [0.25, 0.3) is 5.91 Å². The lowest BCUT2D eigenvalue weighted by Gasteiger charge is -2.16. The molecule has 0 aromatic heterocycles. The standard InChI is InChI=1S/C23H20N2O3/c1-16-5-3-4-6-22(16)25-23(26)17(2)27-19-11-13-21(14-12-19)28-20-9-7-18(15-24)8-10-20/h3-14,17H,1-2H3,(H,25,26). The van der Waals surface area contributed by atoms with Crippen molar-refractivity contribution in [3.63, 3.8) is 0 Å². The fraction of sp³-hybridized carbons (Fsp3) is 0.130. The predicted molar refractivity (Wildman–Crippen MR) is 108 cm³/mol. The number of aryl methyl sites for hydroxylation is 1. The molecule has 0 fully saturated rings. The fourth-order valence-electron chi connectivity index (χ4n) is 2.53. The minimum atomic E-state index is -0.648. The van der Waals surface area contributed by atoms with Gasteiger partial charge in [0.2, 0.25) is 0 Å². The Labute approximate surface area is 164 Å². The molecule has 0 aliphatic heterocycles. The van der Waals surface area contributed by atoms with Crippen LogP contribution in [0.3, 0.4) is 0 Å². The Hall–Kier alpha value is -3.78. The number of carbonyl (C=O) groups excluding carboxylic acids is 1. The molecule has 5 heteroatoms. The van der Waals surface area contributed by atoms with Crippen LogP contribution in [0.4, 0.5) is 5.69 Å². The third-order valence-electron chi connectivity index (χ3n) is 4.13. The molecule has 0 bridgehead atoms. The van der Waals surface area contributed by atoms with Crippen molar-refractivity contribution in [2.45, 2.75) is 20.0 Å². The second-order valence-corrected chi connectivity index (χ2v) is 6.27. The molecule has 3 aromatic carbocycles. The maximum absolute atomic E-state index is 12.3. The van der Waals surface area contributed by atoms with Gasteiger partial charge in [-0.25, -0.2) is 0 Å². The van der Waals surface area contributed by atoms with Crippen molar-refractivity contribution >= 4 is 11.6 Å². The highest BCUT2D eigenvalue weighted by atomic mass is 16.5. The van der Waals surface area contributed by atoms with Crippen LogP contribution >= 0.6 is 0 Å². The highest BCUT2D eigenvalue weighted by Gasteiger charge is 2.15. The van der Waals surface area contributed by atoms with E-state index in [2.05, 4.69) is 11.4 Å². The zero-order valence-corrected chi connectivity index (χ0v) is 15.7. The zero-order valence-electron chi connectivity index (χ0n) is 15.7. The molecule has 1 N–H and O–H groups in total. The van der Waals surface area contributed by atoms with Gasteiger partial charge in [-0.3, -0.25) is 4.79 Å². The van der Waals surface area contributed by atoms with Gasteiger partial charge >= 0.3 is 0 Å². The van der Waals surface area contributed by atoms with Crippen LogP contribution in [0, 0.1) is 18.3 Å². The number of hydrogen-bond acceptors (Lipinski definition) is 4. The topological polar surface area (TPSA) is 71.3 Å². The van der Waals surface area contributed by atoms with E-state index in [1.165, 1.54) is 0 Å². The Balaban J connectivity index is 1.57. The van der Waals surface area contributed by atoms with E-state index in [0.717, 1.165) is 11.3 Å². The van der Waals surface area contributed by atoms with Crippen LogP contribution in [0.15, 0.2) is 72.8 Å². The van der Waals surface area contributed by atoms with Gasteiger partial charge in [0.1, 0.15) is 17.2 Å². The minimum Gasteiger partial charge on any atom is -0.481 e. The molecule has 0 radical (unpaired) electrons. The maximum atomic E-state index is 12.3. The molecule has 1 atom stereocenters. The molecule has 0 aliphatic carbocycles. The smallest absolute Gasteiger partial charge is 0.265 e. The minimum absolute atomic E-state index is 0.216. The lowest BCUT2D eigenvalue weighted by atomic mass is 10.2. The molecule has 140 valence electrons. The lowest BCUT2D eigenvalue weighted by molar-refractivity contribution is -0.122. The average molecular weight is 372 g/mol. The molecule has 5 nitrogen and oxygen atoms in total. The number of anilines is 1. The summed E-state index contributed by atoms with van der Waals surface area (Å²) in [6.45, 7) is 3.64. The summed E-state index contributed by atoms with van der Waals surface area (Å²) in [5, 5.41) is 11.7. The van der Waals surface area contributed by atoms with Crippen molar-refractivity contribution in [2.75, 3.05) is 5.32 Å². The Morgan fingerprint density at radius 1 is 0.929 bits per heavy atom. The number of carbonyl (C=O) groups is 1. The molecule has 1 unspecified atom stereocenters. The van der Waals surface area contributed by atoms with E-state index < -0.39 is 6.10 Å². The molecule has 0 spiro atoms. The zero-order chi connectivity index (χ0) is 19.9. The Morgan fingerprint density at radius 3 is 2.11 bits per heavy atom. The monoisotopic (exact) mass is 372 g/mol. The van der Waals surface area contributed by atoms with E-state index in [1.807, 2.05) is 31.2 Å². The Kier molecular flexibility index (Phi) is 5.93. The molecule has 0 saturated heterocycles. The first-order valence-electron chi connectivity index (χ1n) is 8.86. The molecule has 3 aromatic rings. The molecule has 0 saturated carbocycles. The van der Waals surface area contributed by atoms with Gasteiger partial charge in [0.05, 0.1) is 11.6 Å². The quantitative estimate of drug-likeness (QED) is 0.656. The van der Waals surface area contributed by atoms with Gasteiger partial charge in [0, 0.05) is 5.69 Å². The number of nitriles is 1. The molecule has 3 rings (SSSR count). The second kappa shape index (κ2) is 8.74. The third-order valence-corrected chi connectivity index (χ3v) is 4.13. The van der Waals surface area contributed by atoms with Gasteiger partial charge in [-0.05, 0) is 74.0 Å². The molecular weight excluding hydrogens is 352 g/mol. The van der Waals surface area contributed by atoms with Gasteiger partial charge < -0.3 is 14.8 Å². The number of benzene rings is 3. The van der Waals surface area contributed by atoms with Gasteiger partial charge in [-0.2, -0.15) is 5.26 Å². The average Bonchev–Trinajstić information content (AvgIpc) is 2.71. The number of ether oxygens (including phenoxy) is 2. The van der Waals surface area contributed by atoms with E-state index in [0.29, 0.717) is 22.8 Å². The molecule has 0 aliphatic rings. The number of para-hydroxylation sites is 1. The highest BCUT2D eigenvalue weighted by molar-refractivity contribution is 5.94. The van der Waals surface area contributed by atoms with Crippen LogP contribution in [0.2, 0.25) is 0 Å². The first kappa shape index (κ1) is 19.0. The number of nitrogens with one attached hydrogen (secondary N) is 1. The molecule has 0 heterocycles. The second-order valence-electron chi connectivity index (χ2n) is 6.27. The Bertz CT molecular complexity index is 990. The first-order chi connectivity index (χ1) is 13.5. The summed E-state index contributed by atoms with van der Waals surface area (Å²) >= 11 is 0. The molecule has 28 heavy (non-hydrogen) atoms. The summed E-state index contributed by atoms with van der Waals surface area (Å²) in [4.78, 5) is 12.3. The summed E-state index contributed by atoms with van der Waals surface area (Å²) in [5.41, 5.74) is 2.34. The van der Waals surface area contributed by atoms with E-state index in [9.17, 15) is 4.79 Å².